The summed E-state index contributed by atoms with van der Waals surface area (Å²) in [5.41, 5.74) is 11.7. The van der Waals surface area contributed by atoms with Gasteiger partial charge in [0.25, 0.3) is 0 Å². The number of rotatable bonds is 5. The summed E-state index contributed by atoms with van der Waals surface area (Å²) in [5, 5.41) is 6.79. The maximum Gasteiger partial charge on any atom is 0.164 e. The number of furan rings is 2. The highest BCUT2D eigenvalue weighted by atomic mass is 16.3. The van der Waals surface area contributed by atoms with E-state index < -0.39 is 0 Å². The minimum atomic E-state index is 0.585. The Labute approximate surface area is 325 Å². The quantitative estimate of drug-likeness (QED) is 0.176. The molecule has 0 atom stereocenters. The number of hydrogen-bond acceptors (Lipinski definition) is 5. The standard InChI is InChI=1S/C51H30N4O2/c1-2-10-31(11-3-1)49-52-50(54-51(53-49)35-21-26-41-39-13-5-8-16-45(39)57-48(41)30-35)32-18-23-36(24-19-32)55-43-15-7-4-12-37(43)38-25-20-34(29-44(38)55)33-22-27-47-42(28-33)40-14-6-9-17-46(40)56-47/h1-30H. The van der Waals surface area contributed by atoms with Crippen molar-refractivity contribution in [3.63, 3.8) is 0 Å². The third-order valence-electron chi connectivity index (χ3n) is 11.1. The molecule has 57 heavy (non-hydrogen) atoms. The molecule has 6 heteroatoms. The lowest BCUT2D eigenvalue weighted by atomic mass is 10.0. The van der Waals surface area contributed by atoms with Crippen molar-refractivity contribution in [2.24, 2.45) is 0 Å². The second kappa shape index (κ2) is 12.3. The van der Waals surface area contributed by atoms with Gasteiger partial charge in [-0.1, -0.05) is 109 Å². The fourth-order valence-corrected chi connectivity index (χ4v) is 8.31. The summed E-state index contributed by atoms with van der Waals surface area (Å²) in [5.74, 6) is 1.80. The molecule has 0 unspecified atom stereocenters. The van der Waals surface area contributed by atoms with Gasteiger partial charge in [-0.15, -0.1) is 0 Å². The Bertz CT molecular complexity index is 3520. The third-order valence-corrected chi connectivity index (χ3v) is 11.1. The molecule has 0 spiro atoms. The molecular weight excluding hydrogens is 701 g/mol. The van der Waals surface area contributed by atoms with E-state index in [0.717, 1.165) is 88.4 Å². The third kappa shape index (κ3) is 5.08. The van der Waals surface area contributed by atoms with Crippen molar-refractivity contribution in [3.05, 3.63) is 182 Å². The number of nitrogens with zero attached hydrogens (tertiary/aromatic N) is 4. The molecule has 266 valence electrons. The van der Waals surface area contributed by atoms with Gasteiger partial charge in [0.15, 0.2) is 17.5 Å². The van der Waals surface area contributed by atoms with Crippen LogP contribution in [0.3, 0.4) is 0 Å². The Balaban J connectivity index is 0.976. The van der Waals surface area contributed by atoms with Crippen molar-refractivity contribution in [1.82, 2.24) is 19.5 Å². The van der Waals surface area contributed by atoms with E-state index in [1.807, 2.05) is 66.7 Å². The molecule has 0 amide bonds. The number of para-hydroxylation sites is 3. The van der Waals surface area contributed by atoms with E-state index in [0.29, 0.717) is 17.5 Å². The molecule has 0 aliphatic rings. The van der Waals surface area contributed by atoms with E-state index in [-0.39, 0.29) is 0 Å². The molecule has 0 aliphatic carbocycles. The first-order valence-corrected chi connectivity index (χ1v) is 19.0. The molecule has 8 aromatic carbocycles. The highest BCUT2D eigenvalue weighted by molar-refractivity contribution is 6.11. The minimum Gasteiger partial charge on any atom is -0.456 e. The molecule has 12 aromatic rings. The molecule has 6 nitrogen and oxygen atoms in total. The molecule has 4 aromatic heterocycles. The van der Waals surface area contributed by atoms with Crippen LogP contribution in [-0.4, -0.2) is 19.5 Å². The van der Waals surface area contributed by atoms with Crippen molar-refractivity contribution in [2.45, 2.75) is 0 Å². The van der Waals surface area contributed by atoms with E-state index in [2.05, 4.69) is 120 Å². The van der Waals surface area contributed by atoms with Gasteiger partial charge >= 0.3 is 0 Å². The maximum absolute atomic E-state index is 6.24. The second-order valence-corrected chi connectivity index (χ2v) is 14.4. The Morgan fingerprint density at radius 1 is 0.298 bits per heavy atom. The lowest BCUT2D eigenvalue weighted by molar-refractivity contribution is 0.668. The lowest BCUT2D eigenvalue weighted by Crippen LogP contribution is -2.00. The molecule has 0 aliphatic heterocycles. The first-order chi connectivity index (χ1) is 28.2. The Morgan fingerprint density at radius 3 is 1.56 bits per heavy atom. The normalized spacial score (nSPS) is 11.9. The number of aromatic nitrogens is 4. The van der Waals surface area contributed by atoms with Gasteiger partial charge in [0, 0.05) is 54.7 Å². The van der Waals surface area contributed by atoms with Crippen molar-refractivity contribution in [2.75, 3.05) is 0 Å². The van der Waals surface area contributed by atoms with Crippen LogP contribution in [0.2, 0.25) is 0 Å². The van der Waals surface area contributed by atoms with Gasteiger partial charge in [-0.05, 0) is 83.9 Å². The fourth-order valence-electron chi connectivity index (χ4n) is 8.31. The minimum absolute atomic E-state index is 0.585. The second-order valence-electron chi connectivity index (χ2n) is 14.4. The Morgan fingerprint density at radius 2 is 0.789 bits per heavy atom. The van der Waals surface area contributed by atoms with Gasteiger partial charge in [0.05, 0.1) is 11.0 Å². The van der Waals surface area contributed by atoms with Crippen molar-refractivity contribution in [3.8, 4) is 51.0 Å². The predicted molar refractivity (Wildman–Crippen MR) is 230 cm³/mol. The van der Waals surface area contributed by atoms with E-state index >= 15 is 0 Å². The maximum atomic E-state index is 6.24. The van der Waals surface area contributed by atoms with Gasteiger partial charge in [0.1, 0.15) is 22.3 Å². The zero-order valence-electron chi connectivity index (χ0n) is 30.4. The summed E-state index contributed by atoms with van der Waals surface area (Å²) in [6, 6.07) is 62.9. The summed E-state index contributed by atoms with van der Waals surface area (Å²) in [6.45, 7) is 0. The van der Waals surface area contributed by atoms with Crippen LogP contribution >= 0.6 is 0 Å². The molecule has 4 heterocycles. The highest BCUT2D eigenvalue weighted by Crippen LogP contribution is 2.38. The first-order valence-electron chi connectivity index (χ1n) is 19.0. The summed E-state index contributed by atoms with van der Waals surface area (Å²) in [4.78, 5) is 15.0. The average Bonchev–Trinajstić information content (AvgIpc) is 3.95. The van der Waals surface area contributed by atoms with E-state index in [1.165, 1.54) is 10.8 Å². The van der Waals surface area contributed by atoms with Gasteiger partial charge in [-0.2, -0.15) is 0 Å². The molecule has 0 radical (unpaired) electrons. The highest BCUT2D eigenvalue weighted by Gasteiger charge is 2.17. The zero-order valence-corrected chi connectivity index (χ0v) is 30.4. The van der Waals surface area contributed by atoms with Crippen LogP contribution in [0, 0.1) is 0 Å². The summed E-state index contributed by atoms with van der Waals surface area (Å²) in [7, 11) is 0. The fraction of sp³-hybridized carbons (Fsp3) is 0. The molecule has 0 saturated heterocycles. The molecule has 0 fully saturated rings. The topological polar surface area (TPSA) is 69.9 Å². The first kappa shape index (κ1) is 31.5. The molecule has 12 rings (SSSR count). The number of fused-ring (bicyclic) bond motifs is 9. The van der Waals surface area contributed by atoms with Gasteiger partial charge < -0.3 is 13.4 Å². The van der Waals surface area contributed by atoms with Gasteiger partial charge in [-0.3, -0.25) is 0 Å². The summed E-state index contributed by atoms with van der Waals surface area (Å²) in [6.07, 6.45) is 0. The lowest BCUT2D eigenvalue weighted by Gasteiger charge is -2.11. The van der Waals surface area contributed by atoms with Crippen LogP contribution in [-0.2, 0) is 0 Å². The van der Waals surface area contributed by atoms with Crippen molar-refractivity contribution < 1.29 is 8.83 Å². The summed E-state index contributed by atoms with van der Waals surface area (Å²) >= 11 is 0. The smallest absolute Gasteiger partial charge is 0.164 e. The SMILES string of the molecule is c1ccc(-c2nc(-c3ccc(-n4c5ccccc5c5ccc(-c6ccc7oc8ccccc8c7c6)cc54)cc3)nc(-c3ccc4c(c3)oc3ccccc34)n2)cc1. The molecular formula is C51H30N4O2. The predicted octanol–water partition coefficient (Wildman–Crippen LogP) is 13.4. The Kier molecular flexibility index (Phi) is 6.83. The van der Waals surface area contributed by atoms with E-state index in [1.54, 1.807) is 0 Å². The summed E-state index contributed by atoms with van der Waals surface area (Å²) < 4.78 is 14.7. The Hall–Kier alpha value is -7.83. The molecule has 0 N–H and O–H groups in total. The van der Waals surface area contributed by atoms with Crippen LogP contribution in [0.5, 0.6) is 0 Å². The van der Waals surface area contributed by atoms with Gasteiger partial charge in [-0.25, -0.2) is 15.0 Å². The van der Waals surface area contributed by atoms with Gasteiger partial charge in [0.2, 0.25) is 0 Å². The molecule has 0 bridgehead atoms. The van der Waals surface area contributed by atoms with Crippen LogP contribution < -0.4 is 0 Å². The largest absolute Gasteiger partial charge is 0.456 e. The van der Waals surface area contributed by atoms with Crippen LogP contribution in [0.15, 0.2) is 191 Å². The zero-order chi connectivity index (χ0) is 37.5. The van der Waals surface area contributed by atoms with Crippen molar-refractivity contribution >= 4 is 65.7 Å². The number of hydrogen-bond donors (Lipinski definition) is 0. The van der Waals surface area contributed by atoms with Crippen LogP contribution in [0.25, 0.3) is 117 Å². The monoisotopic (exact) mass is 730 g/mol. The van der Waals surface area contributed by atoms with Crippen molar-refractivity contribution in [1.29, 1.82) is 0 Å². The van der Waals surface area contributed by atoms with E-state index in [4.69, 9.17) is 23.8 Å². The number of benzene rings is 8. The van der Waals surface area contributed by atoms with Crippen LogP contribution in [0.4, 0.5) is 0 Å². The van der Waals surface area contributed by atoms with E-state index in [9.17, 15) is 0 Å². The van der Waals surface area contributed by atoms with Crippen LogP contribution in [0.1, 0.15) is 0 Å². The average molecular weight is 731 g/mol. The molecule has 0 saturated carbocycles.